The van der Waals surface area contributed by atoms with Crippen molar-refractivity contribution in [1.29, 1.82) is 0 Å². The average molecular weight is 290 g/mol. The van der Waals surface area contributed by atoms with E-state index in [0.29, 0.717) is 22.3 Å². The van der Waals surface area contributed by atoms with E-state index in [9.17, 15) is 4.79 Å². The summed E-state index contributed by atoms with van der Waals surface area (Å²) >= 11 is 1.30. The number of aromatic amines is 1. The van der Waals surface area contributed by atoms with E-state index in [1.807, 2.05) is 0 Å². The molecule has 0 aliphatic heterocycles. The molecule has 0 saturated heterocycles. The summed E-state index contributed by atoms with van der Waals surface area (Å²) in [6.07, 6.45) is 2.96. The number of nitrogens with zero attached hydrogens (tertiary/aromatic N) is 4. The van der Waals surface area contributed by atoms with Gasteiger partial charge in [0, 0.05) is 6.07 Å². The van der Waals surface area contributed by atoms with Gasteiger partial charge in [-0.25, -0.2) is 15.0 Å². The number of nitrogens with one attached hydrogen (secondary N) is 2. The van der Waals surface area contributed by atoms with Crippen molar-refractivity contribution in [3.05, 3.63) is 24.5 Å². The molecule has 8 nitrogen and oxygen atoms in total. The van der Waals surface area contributed by atoms with Gasteiger partial charge in [-0.05, 0) is 6.92 Å². The van der Waals surface area contributed by atoms with Crippen molar-refractivity contribution in [2.45, 2.75) is 11.9 Å². The van der Waals surface area contributed by atoms with Crippen LogP contribution in [0.3, 0.4) is 0 Å². The van der Waals surface area contributed by atoms with Gasteiger partial charge in [0.15, 0.2) is 11.5 Å². The number of aryl methyl sites for hydroxylation is 1. The van der Waals surface area contributed by atoms with Gasteiger partial charge >= 0.3 is 0 Å². The number of imidazole rings is 1. The number of aromatic nitrogens is 5. The molecule has 0 spiro atoms. The van der Waals surface area contributed by atoms with Crippen LogP contribution in [0.1, 0.15) is 5.76 Å². The first kappa shape index (κ1) is 12.6. The van der Waals surface area contributed by atoms with Crippen molar-refractivity contribution in [2.24, 2.45) is 0 Å². The molecule has 3 aromatic rings. The SMILES string of the molecule is Cc1cc(NC(=O)CSc2ncnc3nc[nH]c23)no1. The average Bonchev–Trinajstić information content (AvgIpc) is 3.05. The van der Waals surface area contributed by atoms with E-state index >= 15 is 0 Å². The number of hydrogen-bond acceptors (Lipinski definition) is 7. The van der Waals surface area contributed by atoms with Crippen molar-refractivity contribution in [2.75, 3.05) is 11.1 Å². The van der Waals surface area contributed by atoms with Crippen molar-refractivity contribution in [1.82, 2.24) is 25.1 Å². The van der Waals surface area contributed by atoms with Gasteiger partial charge < -0.3 is 14.8 Å². The molecular weight excluding hydrogens is 280 g/mol. The van der Waals surface area contributed by atoms with Gasteiger partial charge in [0.1, 0.15) is 22.6 Å². The van der Waals surface area contributed by atoms with Crippen LogP contribution in [0.4, 0.5) is 5.82 Å². The van der Waals surface area contributed by atoms with Gasteiger partial charge in [0.2, 0.25) is 5.91 Å². The molecule has 0 unspecified atom stereocenters. The summed E-state index contributed by atoms with van der Waals surface area (Å²) in [5, 5.41) is 7.02. The lowest BCUT2D eigenvalue weighted by Crippen LogP contribution is -2.14. The van der Waals surface area contributed by atoms with Crippen LogP contribution in [-0.2, 0) is 4.79 Å². The summed E-state index contributed by atoms with van der Waals surface area (Å²) in [7, 11) is 0. The van der Waals surface area contributed by atoms with Gasteiger partial charge in [-0.1, -0.05) is 16.9 Å². The van der Waals surface area contributed by atoms with E-state index in [1.54, 1.807) is 19.3 Å². The summed E-state index contributed by atoms with van der Waals surface area (Å²) in [4.78, 5) is 26.9. The summed E-state index contributed by atoms with van der Waals surface area (Å²) in [5.74, 6) is 1.07. The Morgan fingerprint density at radius 3 is 3.15 bits per heavy atom. The summed E-state index contributed by atoms with van der Waals surface area (Å²) in [5.41, 5.74) is 1.30. The Morgan fingerprint density at radius 2 is 2.35 bits per heavy atom. The van der Waals surface area contributed by atoms with Gasteiger partial charge in [-0.15, -0.1) is 0 Å². The van der Waals surface area contributed by atoms with E-state index in [-0.39, 0.29) is 11.7 Å². The second kappa shape index (κ2) is 5.29. The first-order valence-corrected chi connectivity index (χ1v) is 6.71. The van der Waals surface area contributed by atoms with Crippen LogP contribution in [0.5, 0.6) is 0 Å². The quantitative estimate of drug-likeness (QED) is 0.551. The fourth-order valence-corrected chi connectivity index (χ4v) is 2.35. The first-order chi connectivity index (χ1) is 9.72. The van der Waals surface area contributed by atoms with Gasteiger partial charge in [0.25, 0.3) is 0 Å². The third kappa shape index (κ3) is 2.62. The topological polar surface area (TPSA) is 110 Å². The molecule has 102 valence electrons. The van der Waals surface area contributed by atoms with Crippen LogP contribution in [-0.4, -0.2) is 36.8 Å². The molecule has 0 aromatic carbocycles. The zero-order valence-electron chi connectivity index (χ0n) is 10.5. The molecule has 0 fully saturated rings. The summed E-state index contributed by atoms with van der Waals surface area (Å²) in [6, 6.07) is 1.65. The highest BCUT2D eigenvalue weighted by atomic mass is 32.2. The molecule has 0 radical (unpaired) electrons. The monoisotopic (exact) mass is 290 g/mol. The maximum Gasteiger partial charge on any atom is 0.236 e. The lowest BCUT2D eigenvalue weighted by Gasteiger charge is -2.01. The predicted molar refractivity (Wildman–Crippen MR) is 72.3 cm³/mol. The fourth-order valence-electron chi connectivity index (χ4n) is 1.59. The third-order valence-electron chi connectivity index (χ3n) is 2.42. The van der Waals surface area contributed by atoms with Crippen LogP contribution >= 0.6 is 11.8 Å². The Bertz CT molecular complexity index is 752. The van der Waals surface area contributed by atoms with E-state index in [2.05, 4.69) is 30.4 Å². The maximum absolute atomic E-state index is 11.8. The Hall–Kier alpha value is -2.42. The number of carbonyl (C=O) groups is 1. The van der Waals surface area contributed by atoms with Crippen molar-refractivity contribution in [3.63, 3.8) is 0 Å². The molecule has 3 aromatic heterocycles. The minimum absolute atomic E-state index is 0.186. The van der Waals surface area contributed by atoms with Gasteiger partial charge in [-0.2, -0.15) is 0 Å². The molecule has 0 saturated carbocycles. The number of thioether (sulfide) groups is 1. The van der Waals surface area contributed by atoms with Crippen LogP contribution < -0.4 is 5.32 Å². The Kier molecular flexibility index (Phi) is 3.33. The fraction of sp³-hybridized carbons (Fsp3) is 0.182. The molecule has 0 aliphatic carbocycles. The molecule has 0 aliphatic rings. The molecule has 20 heavy (non-hydrogen) atoms. The van der Waals surface area contributed by atoms with Gasteiger partial charge in [-0.3, -0.25) is 4.79 Å². The smallest absolute Gasteiger partial charge is 0.236 e. The Labute approximate surface area is 117 Å². The number of anilines is 1. The second-order valence-corrected chi connectivity index (χ2v) is 4.90. The molecule has 3 heterocycles. The molecule has 9 heteroatoms. The molecule has 1 amide bonds. The number of carbonyl (C=O) groups excluding carboxylic acids is 1. The second-order valence-electron chi connectivity index (χ2n) is 3.94. The lowest BCUT2D eigenvalue weighted by molar-refractivity contribution is -0.113. The van der Waals surface area contributed by atoms with Crippen molar-refractivity contribution >= 4 is 34.7 Å². The molecule has 3 rings (SSSR count). The Balaban J connectivity index is 1.64. The number of hydrogen-bond donors (Lipinski definition) is 2. The van der Waals surface area contributed by atoms with Crippen LogP contribution in [0.2, 0.25) is 0 Å². The lowest BCUT2D eigenvalue weighted by atomic mass is 10.5. The van der Waals surface area contributed by atoms with Crippen LogP contribution in [0.25, 0.3) is 11.2 Å². The normalized spacial score (nSPS) is 10.8. The van der Waals surface area contributed by atoms with E-state index in [0.717, 1.165) is 5.52 Å². The number of fused-ring (bicyclic) bond motifs is 1. The molecule has 2 N–H and O–H groups in total. The highest BCUT2D eigenvalue weighted by Crippen LogP contribution is 2.21. The third-order valence-corrected chi connectivity index (χ3v) is 3.41. The molecule has 0 atom stereocenters. The molecular formula is C11H10N6O2S. The number of rotatable bonds is 4. The standard InChI is InChI=1S/C11H10N6O2S/c1-6-2-7(17-19-6)16-8(18)3-20-11-9-10(13-4-12-9)14-5-15-11/h2,4-5H,3H2,1H3,(H,16,17,18)(H,12,13,14,15). The van der Waals surface area contributed by atoms with E-state index < -0.39 is 0 Å². The number of amides is 1. The summed E-state index contributed by atoms with van der Waals surface area (Å²) in [6.45, 7) is 1.76. The first-order valence-electron chi connectivity index (χ1n) is 5.72. The van der Waals surface area contributed by atoms with Crippen molar-refractivity contribution in [3.8, 4) is 0 Å². The largest absolute Gasteiger partial charge is 0.360 e. The molecule has 0 bridgehead atoms. The van der Waals surface area contributed by atoms with Gasteiger partial charge in [0.05, 0.1) is 12.1 Å². The zero-order chi connectivity index (χ0) is 13.9. The van der Waals surface area contributed by atoms with Crippen molar-refractivity contribution < 1.29 is 9.32 Å². The minimum Gasteiger partial charge on any atom is -0.360 e. The van der Waals surface area contributed by atoms with E-state index in [4.69, 9.17) is 4.52 Å². The van der Waals surface area contributed by atoms with Crippen LogP contribution in [0.15, 0.2) is 28.3 Å². The van der Waals surface area contributed by atoms with Crippen LogP contribution in [0, 0.1) is 6.92 Å². The number of H-pyrrole nitrogens is 1. The maximum atomic E-state index is 11.8. The predicted octanol–water partition coefficient (Wildman–Crippen LogP) is 1.38. The Morgan fingerprint density at radius 1 is 1.45 bits per heavy atom. The minimum atomic E-state index is -0.186. The van der Waals surface area contributed by atoms with E-state index in [1.165, 1.54) is 18.1 Å². The summed E-state index contributed by atoms with van der Waals surface area (Å²) < 4.78 is 4.87. The zero-order valence-corrected chi connectivity index (χ0v) is 11.3. The highest BCUT2D eigenvalue weighted by molar-refractivity contribution is 8.00. The highest BCUT2D eigenvalue weighted by Gasteiger charge is 2.10.